The zero-order valence-corrected chi connectivity index (χ0v) is 20.1. The lowest BCUT2D eigenvalue weighted by atomic mass is 10.0. The number of fused-ring (bicyclic) bond motifs is 1. The van der Waals surface area contributed by atoms with Crippen molar-refractivity contribution in [2.75, 3.05) is 25.1 Å². The van der Waals surface area contributed by atoms with Gasteiger partial charge in [0.25, 0.3) is 0 Å². The van der Waals surface area contributed by atoms with Gasteiger partial charge in [-0.15, -0.1) is 0 Å². The van der Waals surface area contributed by atoms with Crippen molar-refractivity contribution in [3.05, 3.63) is 66.2 Å². The lowest BCUT2D eigenvalue weighted by Crippen LogP contribution is -2.32. The van der Waals surface area contributed by atoms with Crippen molar-refractivity contribution < 1.29 is 9.53 Å². The van der Waals surface area contributed by atoms with Gasteiger partial charge in [-0.2, -0.15) is 0 Å². The molecule has 0 bridgehead atoms. The van der Waals surface area contributed by atoms with E-state index in [0.29, 0.717) is 6.01 Å². The number of ether oxygens (including phenoxy) is 1. The van der Waals surface area contributed by atoms with Crippen LogP contribution >= 0.6 is 0 Å². The number of carbonyl (C=O) groups is 1. The lowest BCUT2D eigenvalue weighted by Gasteiger charge is -2.29. The molecule has 1 aliphatic rings. The van der Waals surface area contributed by atoms with Crippen molar-refractivity contribution in [3.63, 3.8) is 0 Å². The van der Waals surface area contributed by atoms with Gasteiger partial charge in [0.05, 0.1) is 7.11 Å². The van der Waals surface area contributed by atoms with Crippen LogP contribution in [0.2, 0.25) is 0 Å². The van der Waals surface area contributed by atoms with E-state index in [4.69, 9.17) is 4.74 Å². The third-order valence-electron chi connectivity index (χ3n) is 6.27. The highest BCUT2D eigenvalue weighted by atomic mass is 16.5. The molecule has 0 saturated heterocycles. The number of pyridine rings is 1. The number of amides is 1. The molecular formula is C27H33N5O2. The molecule has 7 nitrogen and oxygen atoms in total. The van der Waals surface area contributed by atoms with Gasteiger partial charge >= 0.3 is 6.01 Å². The highest BCUT2D eigenvalue weighted by Gasteiger charge is 2.19. The smallest absolute Gasteiger partial charge is 0.316 e. The second kappa shape index (κ2) is 11.7. The predicted molar refractivity (Wildman–Crippen MR) is 133 cm³/mol. The molecule has 0 saturated carbocycles. The predicted octanol–water partition coefficient (Wildman–Crippen LogP) is 4.87. The summed E-state index contributed by atoms with van der Waals surface area (Å²) in [5, 5.41) is 0. The third kappa shape index (κ3) is 6.17. The molecular weight excluding hydrogens is 426 g/mol. The fraction of sp³-hybridized carbons (Fsp3) is 0.407. The Morgan fingerprint density at radius 1 is 0.971 bits per heavy atom. The molecule has 3 aromatic rings. The van der Waals surface area contributed by atoms with Crippen molar-refractivity contribution in [2.45, 2.75) is 52.1 Å². The average molecular weight is 460 g/mol. The maximum absolute atomic E-state index is 12.6. The summed E-state index contributed by atoms with van der Waals surface area (Å²) in [6, 6.07) is 10.8. The number of anilines is 1. The van der Waals surface area contributed by atoms with Crippen LogP contribution in [0.4, 0.5) is 5.69 Å². The largest absolute Gasteiger partial charge is 0.467 e. The lowest BCUT2D eigenvalue weighted by molar-refractivity contribution is -0.116. The number of hydrogen-bond donors (Lipinski definition) is 0. The van der Waals surface area contributed by atoms with Gasteiger partial charge in [-0.3, -0.25) is 14.7 Å². The number of methoxy groups -OCH3 is 1. The summed E-state index contributed by atoms with van der Waals surface area (Å²) < 4.78 is 5.11. The molecule has 0 N–H and O–H groups in total. The summed E-state index contributed by atoms with van der Waals surface area (Å²) >= 11 is 0. The number of hydrogen-bond acceptors (Lipinski definition) is 6. The summed E-state index contributed by atoms with van der Waals surface area (Å²) in [4.78, 5) is 29.9. The molecule has 0 unspecified atom stereocenters. The highest BCUT2D eigenvalue weighted by Crippen LogP contribution is 2.30. The molecule has 0 aliphatic carbocycles. The van der Waals surface area contributed by atoms with Gasteiger partial charge in [0.15, 0.2) is 0 Å². The van der Waals surface area contributed by atoms with Crippen LogP contribution in [0.25, 0.3) is 11.1 Å². The minimum absolute atomic E-state index is 0.0812. The summed E-state index contributed by atoms with van der Waals surface area (Å²) in [5.41, 5.74) is 5.26. The summed E-state index contributed by atoms with van der Waals surface area (Å²) in [6.07, 6.45) is 13.0. The van der Waals surface area contributed by atoms with Gasteiger partial charge in [-0.1, -0.05) is 31.4 Å². The maximum Gasteiger partial charge on any atom is 0.316 e. The van der Waals surface area contributed by atoms with Crippen LogP contribution in [-0.2, 0) is 17.9 Å². The van der Waals surface area contributed by atoms with Crippen molar-refractivity contribution in [2.24, 2.45) is 0 Å². The molecule has 0 fully saturated rings. The first-order valence-corrected chi connectivity index (χ1v) is 12.0. The SMILES string of the molecule is COc1ncc(-c2ccc3c(c2)CN(Cc2cccnc2)CCCCCCCN3C(C)=O)cn1. The van der Waals surface area contributed by atoms with E-state index in [1.165, 1.54) is 18.4 Å². The molecule has 178 valence electrons. The number of benzene rings is 1. The van der Waals surface area contributed by atoms with Crippen molar-refractivity contribution in [1.29, 1.82) is 0 Å². The number of rotatable bonds is 4. The quantitative estimate of drug-likeness (QED) is 0.555. The topological polar surface area (TPSA) is 71.5 Å². The average Bonchev–Trinajstić information content (AvgIpc) is 2.85. The Labute approximate surface area is 201 Å². The van der Waals surface area contributed by atoms with E-state index >= 15 is 0 Å². The second-order valence-electron chi connectivity index (χ2n) is 8.81. The highest BCUT2D eigenvalue weighted by molar-refractivity contribution is 5.92. The molecule has 1 amide bonds. The number of nitrogens with zero attached hydrogens (tertiary/aromatic N) is 5. The molecule has 3 heterocycles. The van der Waals surface area contributed by atoms with Crippen LogP contribution in [-0.4, -0.2) is 46.0 Å². The number of carbonyl (C=O) groups excluding carboxylic acids is 1. The molecule has 1 aliphatic heterocycles. The summed E-state index contributed by atoms with van der Waals surface area (Å²) in [5.74, 6) is 0.0812. The minimum atomic E-state index is 0.0812. The molecule has 0 radical (unpaired) electrons. The van der Waals surface area contributed by atoms with Crippen LogP contribution in [0.5, 0.6) is 6.01 Å². The Morgan fingerprint density at radius 3 is 2.44 bits per heavy atom. The Morgan fingerprint density at radius 2 is 1.74 bits per heavy atom. The zero-order chi connectivity index (χ0) is 23.8. The first-order valence-electron chi connectivity index (χ1n) is 12.0. The van der Waals surface area contributed by atoms with E-state index in [1.807, 2.05) is 23.4 Å². The van der Waals surface area contributed by atoms with Crippen LogP contribution in [0.1, 0.15) is 50.2 Å². The maximum atomic E-state index is 12.6. The van der Waals surface area contributed by atoms with E-state index in [2.05, 4.69) is 44.1 Å². The van der Waals surface area contributed by atoms with Gasteiger partial charge < -0.3 is 9.64 Å². The van der Waals surface area contributed by atoms with Gasteiger partial charge in [-0.25, -0.2) is 9.97 Å². The minimum Gasteiger partial charge on any atom is -0.467 e. The van der Waals surface area contributed by atoms with Gasteiger partial charge in [-0.05, 0) is 54.3 Å². The van der Waals surface area contributed by atoms with Crippen molar-refractivity contribution >= 4 is 11.6 Å². The van der Waals surface area contributed by atoms with Crippen LogP contribution in [0.15, 0.2) is 55.1 Å². The monoisotopic (exact) mass is 459 g/mol. The summed E-state index contributed by atoms with van der Waals surface area (Å²) in [7, 11) is 1.56. The Balaban J connectivity index is 1.71. The zero-order valence-electron chi connectivity index (χ0n) is 20.1. The van der Waals surface area contributed by atoms with Crippen molar-refractivity contribution in [1.82, 2.24) is 19.9 Å². The third-order valence-corrected chi connectivity index (χ3v) is 6.27. The van der Waals surface area contributed by atoms with E-state index in [1.54, 1.807) is 26.4 Å². The van der Waals surface area contributed by atoms with E-state index in [0.717, 1.165) is 67.8 Å². The van der Waals surface area contributed by atoms with E-state index in [-0.39, 0.29) is 5.91 Å². The Kier molecular flexibility index (Phi) is 8.20. The molecule has 1 aromatic carbocycles. The molecule has 0 atom stereocenters. The van der Waals surface area contributed by atoms with E-state index < -0.39 is 0 Å². The second-order valence-corrected chi connectivity index (χ2v) is 8.81. The van der Waals surface area contributed by atoms with E-state index in [9.17, 15) is 4.79 Å². The normalized spacial score (nSPS) is 15.6. The van der Waals surface area contributed by atoms with Crippen LogP contribution in [0, 0.1) is 0 Å². The fourth-order valence-corrected chi connectivity index (χ4v) is 4.51. The van der Waals surface area contributed by atoms with Gasteiger partial charge in [0.2, 0.25) is 5.91 Å². The van der Waals surface area contributed by atoms with Crippen molar-refractivity contribution in [3.8, 4) is 17.1 Å². The standard InChI is InChI=1S/C27H33N5O2/c1-21(33)32-14-7-5-3-4-6-13-31(19-22-9-8-12-28-16-22)20-24-15-23(10-11-26(24)32)25-17-29-27(34-2)30-18-25/h8-12,15-18H,3-7,13-14,19-20H2,1-2H3. The first-order chi connectivity index (χ1) is 16.6. The van der Waals surface area contributed by atoms with Gasteiger partial charge in [0.1, 0.15) is 0 Å². The molecule has 34 heavy (non-hydrogen) atoms. The van der Waals surface area contributed by atoms with Gasteiger partial charge in [0, 0.05) is 62.6 Å². The first kappa shape index (κ1) is 23.8. The number of aromatic nitrogens is 3. The van der Waals surface area contributed by atoms with Crippen LogP contribution in [0.3, 0.4) is 0 Å². The molecule has 0 spiro atoms. The Hall–Kier alpha value is -3.32. The summed E-state index contributed by atoms with van der Waals surface area (Å²) in [6.45, 7) is 4.98. The molecule has 2 aromatic heterocycles. The fourth-order valence-electron chi connectivity index (χ4n) is 4.51. The molecule has 7 heteroatoms. The molecule has 4 rings (SSSR count). The Bertz CT molecular complexity index is 1070. The van der Waals surface area contributed by atoms with Crippen LogP contribution < -0.4 is 9.64 Å².